The fraction of sp³-hybridized carbons (Fsp3) is 0.154. The molecule has 0 aliphatic rings. The molecular formula is C13H12N2O3. The number of nitrogens with one attached hydrogen (secondary N) is 1. The van der Waals surface area contributed by atoms with Gasteiger partial charge < -0.3 is 4.74 Å². The lowest BCUT2D eigenvalue weighted by atomic mass is 10.2. The average Bonchev–Trinajstić information content (AvgIpc) is 2.40. The van der Waals surface area contributed by atoms with Crippen molar-refractivity contribution >= 4 is 11.8 Å². The molecule has 5 nitrogen and oxygen atoms in total. The number of nitriles is 1. The summed E-state index contributed by atoms with van der Waals surface area (Å²) >= 11 is 0. The highest BCUT2D eigenvalue weighted by atomic mass is 16.5. The number of hydrogen-bond donors (Lipinski definition) is 1. The minimum absolute atomic E-state index is 0.249. The van der Waals surface area contributed by atoms with Gasteiger partial charge in [-0.1, -0.05) is 18.2 Å². The molecule has 92 valence electrons. The Morgan fingerprint density at radius 2 is 2.06 bits per heavy atom. The standard InChI is InChI=1S/C13H12N2O3/c1-2-18-9-11(8-14)13(17)15-12(16)10-6-4-3-5-7-10/h3-7,9H,2H2,1H3,(H,15,16,17). The second-order valence-electron chi connectivity index (χ2n) is 3.25. The largest absolute Gasteiger partial charge is 0.500 e. The number of nitrogens with zero attached hydrogens (tertiary/aromatic N) is 1. The minimum atomic E-state index is -0.778. The first-order chi connectivity index (χ1) is 8.69. The quantitative estimate of drug-likeness (QED) is 0.493. The molecule has 0 fully saturated rings. The van der Waals surface area contributed by atoms with Crippen molar-refractivity contribution in [3.05, 3.63) is 47.7 Å². The first kappa shape index (κ1) is 13.5. The lowest BCUT2D eigenvalue weighted by Gasteiger charge is -2.03. The highest BCUT2D eigenvalue weighted by Crippen LogP contribution is 2.00. The van der Waals surface area contributed by atoms with Crippen molar-refractivity contribution in [1.82, 2.24) is 5.32 Å². The normalized spacial score (nSPS) is 10.3. The predicted octanol–water partition coefficient (Wildman–Crippen LogP) is 1.39. The smallest absolute Gasteiger partial charge is 0.271 e. The molecule has 2 amide bonds. The molecule has 0 aliphatic carbocycles. The van der Waals surface area contributed by atoms with Gasteiger partial charge in [-0.25, -0.2) is 0 Å². The summed E-state index contributed by atoms with van der Waals surface area (Å²) in [6.45, 7) is 2.06. The van der Waals surface area contributed by atoms with E-state index in [2.05, 4.69) is 5.32 Å². The molecule has 0 radical (unpaired) electrons. The summed E-state index contributed by atoms with van der Waals surface area (Å²) in [7, 11) is 0. The van der Waals surface area contributed by atoms with Crippen molar-refractivity contribution in [2.45, 2.75) is 6.92 Å². The van der Waals surface area contributed by atoms with E-state index >= 15 is 0 Å². The van der Waals surface area contributed by atoms with Gasteiger partial charge in [0.25, 0.3) is 11.8 Å². The molecule has 0 aliphatic heterocycles. The van der Waals surface area contributed by atoms with Crippen molar-refractivity contribution in [3.63, 3.8) is 0 Å². The minimum Gasteiger partial charge on any atom is -0.500 e. The maximum absolute atomic E-state index is 11.6. The molecule has 0 saturated carbocycles. The van der Waals surface area contributed by atoms with Gasteiger partial charge in [-0.3, -0.25) is 14.9 Å². The van der Waals surface area contributed by atoms with Gasteiger partial charge in [0.1, 0.15) is 12.3 Å². The molecule has 1 aromatic rings. The third-order valence-corrected chi connectivity index (χ3v) is 2.00. The SMILES string of the molecule is CCOC=C(C#N)C(=O)NC(=O)c1ccccc1. The van der Waals surface area contributed by atoms with Gasteiger partial charge in [-0.2, -0.15) is 5.26 Å². The Balaban J connectivity index is 2.71. The van der Waals surface area contributed by atoms with E-state index in [0.29, 0.717) is 12.2 Å². The summed E-state index contributed by atoms with van der Waals surface area (Å²) in [5.41, 5.74) is 0.0979. The number of carbonyl (C=O) groups excluding carboxylic acids is 2. The summed E-state index contributed by atoms with van der Waals surface area (Å²) in [6.07, 6.45) is 1.04. The van der Waals surface area contributed by atoms with Crippen LogP contribution >= 0.6 is 0 Å². The van der Waals surface area contributed by atoms with Gasteiger partial charge in [-0.15, -0.1) is 0 Å². The summed E-state index contributed by atoms with van der Waals surface area (Å²) in [5, 5.41) is 10.8. The van der Waals surface area contributed by atoms with Crippen molar-refractivity contribution in [1.29, 1.82) is 5.26 Å². The molecule has 0 aromatic heterocycles. The van der Waals surface area contributed by atoms with E-state index in [1.165, 1.54) is 0 Å². The van der Waals surface area contributed by atoms with Crippen LogP contribution in [0.15, 0.2) is 42.2 Å². The first-order valence-corrected chi connectivity index (χ1v) is 5.31. The molecule has 0 heterocycles. The third-order valence-electron chi connectivity index (χ3n) is 2.00. The van der Waals surface area contributed by atoms with Crippen molar-refractivity contribution in [2.75, 3.05) is 6.61 Å². The summed E-state index contributed by atoms with van der Waals surface area (Å²) in [4.78, 5) is 23.2. The van der Waals surface area contributed by atoms with E-state index in [0.717, 1.165) is 6.26 Å². The highest BCUT2D eigenvalue weighted by molar-refractivity contribution is 6.11. The number of rotatable bonds is 4. The van der Waals surface area contributed by atoms with E-state index in [1.54, 1.807) is 43.3 Å². The van der Waals surface area contributed by atoms with Crippen molar-refractivity contribution in [2.24, 2.45) is 0 Å². The van der Waals surface area contributed by atoms with Gasteiger partial charge in [0, 0.05) is 5.56 Å². The van der Waals surface area contributed by atoms with Crippen LogP contribution in [-0.2, 0) is 9.53 Å². The van der Waals surface area contributed by atoms with Crippen molar-refractivity contribution < 1.29 is 14.3 Å². The van der Waals surface area contributed by atoms with Crippen LogP contribution in [0.2, 0.25) is 0 Å². The van der Waals surface area contributed by atoms with Gasteiger partial charge >= 0.3 is 0 Å². The van der Waals surface area contributed by atoms with Crippen LogP contribution in [0.5, 0.6) is 0 Å². The first-order valence-electron chi connectivity index (χ1n) is 5.31. The Labute approximate surface area is 105 Å². The number of benzene rings is 1. The topological polar surface area (TPSA) is 79.2 Å². The Hall–Kier alpha value is -2.61. The molecule has 1 N–H and O–H groups in total. The number of imide groups is 1. The zero-order chi connectivity index (χ0) is 13.4. The number of ether oxygens (including phenoxy) is 1. The van der Waals surface area contributed by atoms with Crippen LogP contribution in [0.1, 0.15) is 17.3 Å². The van der Waals surface area contributed by atoms with Gasteiger partial charge in [0.05, 0.1) is 6.61 Å². The predicted molar refractivity (Wildman–Crippen MR) is 64.2 cm³/mol. The van der Waals surface area contributed by atoms with E-state index in [1.807, 2.05) is 0 Å². The summed E-state index contributed by atoms with van der Waals surface area (Å²) < 4.78 is 4.84. The molecular weight excluding hydrogens is 232 g/mol. The van der Waals surface area contributed by atoms with Gasteiger partial charge in [-0.05, 0) is 19.1 Å². The molecule has 0 bridgehead atoms. The van der Waals surface area contributed by atoms with Crippen LogP contribution in [0.25, 0.3) is 0 Å². The molecule has 0 atom stereocenters. The zero-order valence-corrected chi connectivity index (χ0v) is 9.84. The van der Waals surface area contributed by atoms with Crippen molar-refractivity contribution in [3.8, 4) is 6.07 Å². The Bertz CT molecular complexity index is 501. The fourth-order valence-corrected chi connectivity index (χ4v) is 1.13. The average molecular weight is 244 g/mol. The molecule has 1 aromatic carbocycles. The number of hydrogen-bond acceptors (Lipinski definition) is 4. The van der Waals surface area contributed by atoms with Crippen LogP contribution in [0.4, 0.5) is 0 Å². The molecule has 1 rings (SSSR count). The van der Waals surface area contributed by atoms with E-state index in [-0.39, 0.29) is 5.57 Å². The van der Waals surface area contributed by atoms with Crippen LogP contribution < -0.4 is 5.32 Å². The maximum atomic E-state index is 11.6. The third kappa shape index (κ3) is 3.76. The highest BCUT2D eigenvalue weighted by Gasteiger charge is 2.14. The van der Waals surface area contributed by atoms with Crippen LogP contribution in [-0.4, -0.2) is 18.4 Å². The van der Waals surface area contributed by atoms with E-state index in [4.69, 9.17) is 10.00 Å². The lowest BCUT2D eigenvalue weighted by molar-refractivity contribution is -0.116. The molecule has 5 heteroatoms. The Morgan fingerprint density at radius 3 is 2.61 bits per heavy atom. The van der Waals surface area contributed by atoms with E-state index < -0.39 is 11.8 Å². The molecule has 0 saturated heterocycles. The Kier molecular flexibility index (Phi) is 5.13. The second kappa shape index (κ2) is 6.86. The summed E-state index contributed by atoms with van der Waals surface area (Å²) in [5.74, 6) is -1.34. The maximum Gasteiger partial charge on any atom is 0.271 e. The Morgan fingerprint density at radius 1 is 1.39 bits per heavy atom. The van der Waals surface area contributed by atoms with Crippen LogP contribution in [0, 0.1) is 11.3 Å². The summed E-state index contributed by atoms with van der Waals surface area (Å²) in [6, 6.07) is 9.93. The number of carbonyl (C=O) groups is 2. The van der Waals surface area contributed by atoms with E-state index in [9.17, 15) is 9.59 Å². The molecule has 0 spiro atoms. The number of amides is 2. The fourth-order valence-electron chi connectivity index (χ4n) is 1.13. The second-order valence-corrected chi connectivity index (χ2v) is 3.25. The van der Waals surface area contributed by atoms with Crippen LogP contribution in [0.3, 0.4) is 0 Å². The molecule has 18 heavy (non-hydrogen) atoms. The lowest BCUT2D eigenvalue weighted by Crippen LogP contribution is -2.31. The molecule has 0 unspecified atom stereocenters. The monoisotopic (exact) mass is 244 g/mol. The van der Waals surface area contributed by atoms with Gasteiger partial charge in [0.15, 0.2) is 5.57 Å². The zero-order valence-electron chi connectivity index (χ0n) is 9.84. The van der Waals surface area contributed by atoms with Gasteiger partial charge in [0.2, 0.25) is 0 Å².